The average molecular weight is 375 g/mol. The number of hydrogen-bond donors (Lipinski definition) is 0. The summed E-state index contributed by atoms with van der Waals surface area (Å²) in [6, 6.07) is 5.06. The summed E-state index contributed by atoms with van der Waals surface area (Å²) in [6.45, 7) is 4.83. The molecule has 27 heavy (non-hydrogen) atoms. The van der Waals surface area contributed by atoms with Crippen molar-refractivity contribution in [3.63, 3.8) is 0 Å². The Labute approximate surface area is 154 Å². The van der Waals surface area contributed by atoms with Crippen molar-refractivity contribution in [2.45, 2.75) is 19.9 Å². The maximum Gasteiger partial charge on any atom is 0.280 e. The van der Waals surface area contributed by atoms with Crippen molar-refractivity contribution in [2.24, 2.45) is 0 Å². The van der Waals surface area contributed by atoms with Crippen molar-refractivity contribution in [3.8, 4) is 0 Å². The first-order valence-corrected chi connectivity index (χ1v) is 8.70. The smallest absolute Gasteiger partial charge is 0.280 e. The number of nitrogens with zero attached hydrogens (tertiary/aromatic N) is 5. The SMILES string of the molecule is Cc1cc(C(F)F)n2ncc(C(=O)N3CCN(Cc4ccco4)CC3)c2n1. The summed E-state index contributed by atoms with van der Waals surface area (Å²) in [5, 5.41) is 3.97. The van der Waals surface area contributed by atoms with Crippen molar-refractivity contribution in [3.05, 3.63) is 53.4 Å². The van der Waals surface area contributed by atoms with E-state index in [9.17, 15) is 13.6 Å². The molecule has 1 aliphatic heterocycles. The Balaban J connectivity index is 1.50. The molecule has 4 rings (SSSR count). The fourth-order valence-corrected chi connectivity index (χ4v) is 3.32. The van der Waals surface area contributed by atoms with E-state index in [-0.39, 0.29) is 22.8 Å². The van der Waals surface area contributed by atoms with Gasteiger partial charge in [0, 0.05) is 31.9 Å². The number of aromatic nitrogens is 3. The molecule has 7 nitrogen and oxygen atoms in total. The van der Waals surface area contributed by atoms with Gasteiger partial charge in [-0.1, -0.05) is 0 Å². The van der Waals surface area contributed by atoms with Gasteiger partial charge >= 0.3 is 0 Å². The normalized spacial score (nSPS) is 15.8. The van der Waals surface area contributed by atoms with Crippen molar-refractivity contribution in [1.29, 1.82) is 0 Å². The highest BCUT2D eigenvalue weighted by molar-refractivity contribution is 5.99. The Bertz CT molecular complexity index is 946. The van der Waals surface area contributed by atoms with Gasteiger partial charge < -0.3 is 9.32 Å². The van der Waals surface area contributed by atoms with Crippen LogP contribution in [0.5, 0.6) is 0 Å². The lowest BCUT2D eigenvalue weighted by Crippen LogP contribution is -2.48. The van der Waals surface area contributed by atoms with E-state index in [2.05, 4.69) is 15.0 Å². The summed E-state index contributed by atoms with van der Waals surface area (Å²) in [7, 11) is 0. The van der Waals surface area contributed by atoms with Crippen molar-refractivity contribution < 1.29 is 18.0 Å². The van der Waals surface area contributed by atoms with Crippen LogP contribution >= 0.6 is 0 Å². The summed E-state index contributed by atoms with van der Waals surface area (Å²) in [6.07, 6.45) is 0.274. The van der Waals surface area contributed by atoms with Crippen LogP contribution < -0.4 is 0 Å². The minimum atomic E-state index is -2.69. The molecular formula is C18H19F2N5O2. The van der Waals surface area contributed by atoms with Crippen molar-refractivity contribution >= 4 is 11.6 Å². The number of alkyl halides is 2. The molecule has 0 saturated carbocycles. The minimum absolute atomic E-state index is 0.174. The minimum Gasteiger partial charge on any atom is -0.468 e. The van der Waals surface area contributed by atoms with Crippen LogP contribution in [-0.2, 0) is 6.54 Å². The Morgan fingerprint density at radius 2 is 2.07 bits per heavy atom. The fourth-order valence-electron chi connectivity index (χ4n) is 3.32. The highest BCUT2D eigenvalue weighted by Gasteiger charge is 2.26. The maximum absolute atomic E-state index is 13.2. The summed E-state index contributed by atoms with van der Waals surface area (Å²) < 4.78 is 32.9. The molecule has 0 unspecified atom stereocenters. The molecule has 0 bridgehead atoms. The zero-order valence-electron chi connectivity index (χ0n) is 14.8. The Kier molecular flexibility index (Phi) is 4.61. The van der Waals surface area contributed by atoms with Gasteiger partial charge in [0.05, 0.1) is 19.0 Å². The van der Waals surface area contributed by atoms with E-state index >= 15 is 0 Å². The molecule has 0 N–H and O–H groups in total. The van der Waals surface area contributed by atoms with Gasteiger partial charge in [0.15, 0.2) is 5.65 Å². The van der Waals surface area contributed by atoms with Crippen molar-refractivity contribution in [2.75, 3.05) is 26.2 Å². The summed E-state index contributed by atoms with van der Waals surface area (Å²) in [5.74, 6) is 0.651. The van der Waals surface area contributed by atoms with Crippen LogP contribution in [0.15, 0.2) is 35.1 Å². The number of aryl methyl sites for hydroxylation is 1. The second-order valence-electron chi connectivity index (χ2n) is 6.56. The molecule has 0 aliphatic carbocycles. The third-order valence-corrected chi connectivity index (χ3v) is 4.70. The van der Waals surface area contributed by atoms with Gasteiger partial charge in [-0.05, 0) is 25.1 Å². The van der Waals surface area contributed by atoms with E-state index in [0.29, 0.717) is 38.4 Å². The molecule has 1 saturated heterocycles. The lowest BCUT2D eigenvalue weighted by molar-refractivity contribution is 0.0622. The van der Waals surface area contributed by atoms with Crippen LogP contribution in [0.2, 0.25) is 0 Å². The number of hydrogen-bond acceptors (Lipinski definition) is 5. The standard InChI is InChI=1S/C18H19F2N5O2/c1-12-9-15(16(19)20)25-17(22-12)14(10-21-25)18(26)24-6-4-23(5-7-24)11-13-3-2-8-27-13/h2-3,8-10,16H,4-7,11H2,1H3. The van der Waals surface area contributed by atoms with Gasteiger partial charge in [0.2, 0.25) is 0 Å². The molecule has 4 heterocycles. The lowest BCUT2D eigenvalue weighted by Gasteiger charge is -2.34. The zero-order valence-corrected chi connectivity index (χ0v) is 14.8. The molecule has 1 fully saturated rings. The maximum atomic E-state index is 13.2. The second-order valence-corrected chi connectivity index (χ2v) is 6.56. The number of piperazine rings is 1. The van der Waals surface area contributed by atoms with E-state index in [1.807, 2.05) is 12.1 Å². The summed E-state index contributed by atoms with van der Waals surface area (Å²) in [4.78, 5) is 21.1. The largest absolute Gasteiger partial charge is 0.468 e. The predicted octanol–water partition coefficient (Wildman–Crippen LogP) is 2.53. The molecule has 0 aromatic carbocycles. The third kappa shape index (κ3) is 3.42. The molecule has 1 aliphatic rings. The number of halogens is 2. The van der Waals surface area contributed by atoms with Crippen LogP contribution in [-0.4, -0.2) is 56.5 Å². The molecule has 9 heteroatoms. The quantitative estimate of drug-likeness (QED) is 0.701. The van der Waals surface area contributed by atoms with Crippen LogP contribution in [0.25, 0.3) is 5.65 Å². The van der Waals surface area contributed by atoms with Crippen LogP contribution in [0.3, 0.4) is 0 Å². The van der Waals surface area contributed by atoms with Gasteiger partial charge in [-0.15, -0.1) is 0 Å². The number of amides is 1. The highest BCUT2D eigenvalue weighted by Crippen LogP contribution is 2.22. The molecule has 0 spiro atoms. The number of furan rings is 1. The summed E-state index contributed by atoms with van der Waals surface area (Å²) in [5.41, 5.74) is 0.587. The van der Waals surface area contributed by atoms with Gasteiger partial charge in [0.25, 0.3) is 12.3 Å². The van der Waals surface area contributed by atoms with Crippen LogP contribution in [0, 0.1) is 6.92 Å². The van der Waals surface area contributed by atoms with Gasteiger partial charge in [0.1, 0.15) is 17.0 Å². The first-order valence-electron chi connectivity index (χ1n) is 8.70. The number of carbonyl (C=O) groups is 1. The van der Waals surface area contributed by atoms with Crippen LogP contribution in [0.4, 0.5) is 8.78 Å². The number of fused-ring (bicyclic) bond motifs is 1. The lowest BCUT2D eigenvalue weighted by atomic mass is 10.2. The third-order valence-electron chi connectivity index (χ3n) is 4.70. The van der Waals surface area contributed by atoms with Crippen molar-refractivity contribution in [1.82, 2.24) is 24.4 Å². The van der Waals surface area contributed by atoms with E-state index < -0.39 is 6.43 Å². The van der Waals surface area contributed by atoms with E-state index in [1.54, 1.807) is 18.1 Å². The molecule has 0 radical (unpaired) electrons. The van der Waals surface area contributed by atoms with Gasteiger partial charge in [-0.2, -0.15) is 5.10 Å². The Morgan fingerprint density at radius 1 is 1.30 bits per heavy atom. The van der Waals surface area contributed by atoms with Gasteiger partial charge in [-0.25, -0.2) is 18.3 Å². The average Bonchev–Trinajstić information content (AvgIpc) is 3.30. The topological polar surface area (TPSA) is 66.9 Å². The first kappa shape index (κ1) is 17.6. The number of rotatable bonds is 4. The zero-order chi connectivity index (χ0) is 19.0. The van der Waals surface area contributed by atoms with Gasteiger partial charge in [-0.3, -0.25) is 9.69 Å². The predicted molar refractivity (Wildman–Crippen MR) is 92.6 cm³/mol. The molecule has 142 valence electrons. The van der Waals surface area contributed by atoms with Crippen LogP contribution in [0.1, 0.15) is 33.9 Å². The van der Waals surface area contributed by atoms with E-state index in [0.717, 1.165) is 10.3 Å². The van der Waals surface area contributed by atoms with E-state index in [1.165, 1.54) is 12.3 Å². The molecule has 3 aromatic rings. The monoisotopic (exact) mass is 375 g/mol. The first-order chi connectivity index (χ1) is 13.0. The fraction of sp³-hybridized carbons (Fsp3) is 0.389. The molecule has 0 atom stereocenters. The molecule has 1 amide bonds. The highest BCUT2D eigenvalue weighted by atomic mass is 19.3. The Morgan fingerprint density at radius 3 is 2.74 bits per heavy atom. The molecule has 3 aromatic heterocycles. The van der Waals surface area contributed by atoms with E-state index in [4.69, 9.17) is 4.42 Å². The second kappa shape index (κ2) is 7.07. The number of carbonyl (C=O) groups excluding carboxylic acids is 1. The molecular weight excluding hydrogens is 356 g/mol. The summed E-state index contributed by atoms with van der Waals surface area (Å²) >= 11 is 0. The Hall–Kier alpha value is -2.81.